The minimum Gasteiger partial charge on any atom is -0.466 e. The van der Waals surface area contributed by atoms with Gasteiger partial charge in [-0.3, -0.25) is 9.59 Å². The van der Waals surface area contributed by atoms with Gasteiger partial charge in [0.25, 0.3) is 0 Å². The maximum Gasteiger partial charge on any atom is 0.305 e. The number of ether oxygens (including phenoxy) is 1. The third-order valence-electron chi connectivity index (χ3n) is 17.1. The molecule has 0 aliphatic carbocycles. The van der Waals surface area contributed by atoms with E-state index in [9.17, 15) is 19.8 Å². The Morgan fingerprint density at radius 2 is 0.590 bits per heavy atom. The molecule has 0 aromatic heterocycles. The summed E-state index contributed by atoms with van der Waals surface area (Å²) >= 11 is 0. The fourth-order valence-corrected chi connectivity index (χ4v) is 11.6. The SMILES string of the molecule is CCCCCCCCCCCCCCCCCCC/C=C/C(O)C(CO)NC(=O)CCCCCCCCCCCCCCCCCCCCCCCCCCCCOC(=O)CCCCCCCCCCCCCCCCCC. The minimum absolute atomic E-state index is 0.0214. The van der Waals surface area contributed by atoms with Crippen molar-refractivity contribution < 1.29 is 24.5 Å². The lowest BCUT2D eigenvalue weighted by Crippen LogP contribution is -2.45. The van der Waals surface area contributed by atoms with Crippen molar-refractivity contribution in [2.24, 2.45) is 0 Å². The van der Waals surface area contributed by atoms with Gasteiger partial charge < -0.3 is 20.3 Å². The fourth-order valence-electron chi connectivity index (χ4n) is 11.6. The van der Waals surface area contributed by atoms with E-state index in [4.69, 9.17) is 4.74 Å². The lowest BCUT2D eigenvalue weighted by Gasteiger charge is -2.20. The second-order valence-corrected chi connectivity index (χ2v) is 24.9. The molecular weight excluding hydrogens is 959 g/mol. The van der Waals surface area contributed by atoms with Gasteiger partial charge in [0, 0.05) is 12.8 Å². The first-order valence-corrected chi connectivity index (χ1v) is 36.0. The maximum atomic E-state index is 12.5. The summed E-state index contributed by atoms with van der Waals surface area (Å²) in [4.78, 5) is 24.6. The van der Waals surface area contributed by atoms with Gasteiger partial charge in [0.1, 0.15) is 0 Å². The number of carbonyl (C=O) groups excluding carboxylic acids is 2. The zero-order valence-corrected chi connectivity index (χ0v) is 53.2. The van der Waals surface area contributed by atoms with E-state index < -0.39 is 12.1 Å². The Morgan fingerprint density at radius 1 is 0.346 bits per heavy atom. The lowest BCUT2D eigenvalue weighted by atomic mass is 10.0. The van der Waals surface area contributed by atoms with E-state index in [0.29, 0.717) is 19.4 Å². The highest BCUT2D eigenvalue weighted by molar-refractivity contribution is 5.76. The highest BCUT2D eigenvalue weighted by atomic mass is 16.5. The summed E-state index contributed by atoms with van der Waals surface area (Å²) in [7, 11) is 0. The summed E-state index contributed by atoms with van der Waals surface area (Å²) < 4.78 is 5.51. The standard InChI is InChI=1S/C72H141NO5/c1-3-5-7-9-11-13-15-17-19-21-30-33-36-40-44-48-52-56-60-64-70(75)69(68-74)73-71(76)65-61-57-53-49-45-41-37-34-31-28-26-24-22-23-25-27-29-32-35-39-43-47-51-55-59-63-67-78-72(77)66-62-58-54-50-46-42-38-20-18-16-14-12-10-8-6-4-2/h60,64,69-70,74-75H,3-59,61-63,65-68H2,1-2H3,(H,73,76)/b64-60+. The van der Waals surface area contributed by atoms with Crippen molar-refractivity contribution in [2.45, 2.75) is 424 Å². The van der Waals surface area contributed by atoms with Gasteiger partial charge in [-0.15, -0.1) is 0 Å². The van der Waals surface area contributed by atoms with E-state index >= 15 is 0 Å². The molecule has 78 heavy (non-hydrogen) atoms. The minimum atomic E-state index is -0.843. The second-order valence-electron chi connectivity index (χ2n) is 24.9. The number of unbranched alkanes of at least 4 members (excludes halogenated alkanes) is 57. The number of allylic oxidation sites excluding steroid dienone is 1. The van der Waals surface area contributed by atoms with Crippen LogP contribution < -0.4 is 5.32 Å². The monoisotopic (exact) mass is 1100 g/mol. The summed E-state index contributed by atoms with van der Waals surface area (Å²) in [5.74, 6) is -0.0400. The summed E-state index contributed by atoms with van der Waals surface area (Å²) in [5, 5.41) is 23.2. The van der Waals surface area contributed by atoms with Crippen LogP contribution in [-0.4, -0.2) is 47.4 Å². The summed E-state index contributed by atoms with van der Waals surface area (Å²) in [6.45, 7) is 4.96. The average Bonchev–Trinajstić information content (AvgIpc) is 3.44. The molecule has 0 saturated heterocycles. The van der Waals surface area contributed by atoms with E-state index in [2.05, 4.69) is 19.2 Å². The summed E-state index contributed by atoms with van der Waals surface area (Å²) in [5.41, 5.74) is 0. The zero-order chi connectivity index (χ0) is 56.4. The average molecular weight is 1100 g/mol. The maximum absolute atomic E-state index is 12.5. The van der Waals surface area contributed by atoms with Crippen molar-refractivity contribution in [1.82, 2.24) is 5.32 Å². The molecule has 464 valence electrons. The van der Waals surface area contributed by atoms with E-state index in [-0.39, 0.29) is 18.5 Å². The van der Waals surface area contributed by atoms with Crippen LogP contribution in [0.3, 0.4) is 0 Å². The van der Waals surface area contributed by atoms with Crippen LogP contribution in [0.4, 0.5) is 0 Å². The smallest absolute Gasteiger partial charge is 0.305 e. The lowest BCUT2D eigenvalue weighted by molar-refractivity contribution is -0.143. The van der Waals surface area contributed by atoms with E-state index in [1.165, 1.54) is 347 Å². The molecule has 0 aliphatic rings. The van der Waals surface area contributed by atoms with E-state index in [1.807, 2.05) is 6.08 Å². The van der Waals surface area contributed by atoms with Crippen molar-refractivity contribution in [2.75, 3.05) is 13.2 Å². The number of aliphatic hydroxyl groups excluding tert-OH is 2. The quantitative estimate of drug-likeness (QED) is 0.0320. The molecule has 2 unspecified atom stereocenters. The molecule has 6 heteroatoms. The molecule has 0 radical (unpaired) electrons. The van der Waals surface area contributed by atoms with Crippen LogP contribution in [0.15, 0.2) is 12.2 Å². The Bertz CT molecular complexity index is 1180. The van der Waals surface area contributed by atoms with Gasteiger partial charge in [-0.05, 0) is 32.1 Å². The second kappa shape index (κ2) is 68.1. The van der Waals surface area contributed by atoms with E-state index in [1.54, 1.807) is 6.08 Å². The van der Waals surface area contributed by atoms with Gasteiger partial charge in [0.2, 0.25) is 5.91 Å². The first-order valence-electron chi connectivity index (χ1n) is 36.0. The molecule has 0 aliphatic heterocycles. The van der Waals surface area contributed by atoms with Gasteiger partial charge in [0.15, 0.2) is 0 Å². The highest BCUT2D eigenvalue weighted by Gasteiger charge is 2.18. The van der Waals surface area contributed by atoms with Crippen molar-refractivity contribution in [3.8, 4) is 0 Å². The Kier molecular flexibility index (Phi) is 66.9. The Morgan fingerprint density at radius 3 is 0.872 bits per heavy atom. The molecule has 2 atom stereocenters. The predicted octanol–water partition coefficient (Wildman–Crippen LogP) is 23.1. The molecule has 3 N–H and O–H groups in total. The molecule has 6 nitrogen and oxygen atoms in total. The number of carbonyl (C=O) groups is 2. The Hall–Kier alpha value is -1.40. The third-order valence-corrected chi connectivity index (χ3v) is 17.1. The van der Waals surface area contributed by atoms with Crippen molar-refractivity contribution in [3.05, 3.63) is 12.2 Å². The fraction of sp³-hybridized carbons (Fsp3) is 0.944. The topological polar surface area (TPSA) is 95.9 Å². The first-order chi connectivity index (χ1) is 38.5. The molecule has 0 aromatic carbocycles. The molecule has 0 rings (SSSR count). The first kappa shape index (κ1) is 76.6. The Labute approximate surface area is 489 Å². The highest BCUT2D eigenvalue weighted by Crippen LogP contribution is 2.19. The van der Waals surface area contributed by atoms with Gasteiger partial charge in [-0.25, -0.2) is 0 Å². The number of nitrogens with one attached hydrogen (secondary N) is 1. The van der Waals surface area contributed by atoms with E-state index in [0.717, 1.165) is 38.5 Å². The zero-order valence-electron chi connectivity index (χ0n) is 53.2. The number of rotatable bonds is 68. The van der Waals surface area contributed by atoms with Crippen LogP contribution in [0.1, 0.15) is 412 Å². The number of aliphatic hydroxyl groups is 2. The summed E-state index contributed by atoms with van der Waals surface area (Å²) in [6, 6.07) is -0.626. The van der Waals surface area contributed by atoms with Gasteiger partial charge in [0.05, 0.1) is 25.4 Å². The van der Waals surface area contributed by atoms with Crippen LogP contribution in [-0.2, 0) is 14.3 Å². The van der Waals surface area contributed by atoms with Gasteiger partial charge in [-0.1, -0.05) is 379 Å². The van der Waals surface area contributed by atoms with Crippen molar-refractivity contribution in [3.63, 3.8) is 0 Å². The molecular formula is C72H141NO5. The molecule has 0 bridgehead atoms. The van der Waals surface area contributed by atoms with Crippen LogP contribution in [0.2, 0.25) is 0 Å². The summed E-state index contributed by atoms with van der Waals surface area (Å²) in [6.07, 6.45) is 84.4. The van der Waals surface area contributed by atoms with Crippen molar-refractivity contribution >= 4 is 11.9 Å². The number of hydrogen-bond donors (Lipinski definition) is 3. The van der Waals surface area contributed by atoms with Gasteiger partial charge in [-0.2, -0.15) is 0 Å². The van der Waals surface area contributed by atoms with Crippen LogP contribution in [0.5, 0.6) is 0 Å². The Balaban J connectivity index is 3.36. The van der Waals surface area contributed by atoms with Crippen LogP contribution in [0.25, 0.3) is 0 Å². The molecule has 0 heterocycles. The number of amides is 1. The largest absolute Gasteiger partial charge is 0.466 e. The molecule has 0 spiro atoms. The number of hydrogen-bond acceptors (Lipinski definition) is 5. The third kappa shape index (κ3) is 63.8. The predicted molar refractivity (Wildman–Crippen MR) is 343 cm³/mol. The number of esters is 1. The van der Waals surface area contributed by atoms with Gasteiger partial charge >= 0.3 is 5.97 Å². The van der Waals surface area contributed by atoms with Crippen LogP contribution >= 0.6 is 0 Å². The molecule has 1 amide bonds. The van der Waals surface area contributed by atoms with Crippen LogP contribution in [0, 0.1) is 0 Å². The normalized spacial score (nSPS) is 12.5. The molecule has 0 fully saturated rings. The molecule has 0 saturated carbocycles. The molecule has 0 aromatic rings. The van der Waals surface area contributed by atoms with Crippen molar-refractivity contribution in [1.29, 1.82) is 0 Å².